The number of carbonyl (C=O) groups excluding carboxylic acids is 3. The van der Waals surface area contributed by atoms with E-state index in [9.17, 15) is 14.4 Å². The number of amides is 3. The fraction of sp³-hybridized carbons (Fsp3) is 0.762. The highest BCUT2D eigenvalue weighted by Crippen LogP contribution is 2.17. The molecule has 1 fully saturated rings. The zero-order valence-electron chi connectivity index (χ0n) is 18.3. The molecule has 0 aromatic rings. The summed E-state index contributed by atoms with van der Waals surface area (Å²) in [5.74, 6) is 0.351. The van der Waals surface area contributed by atoms with Crippen molar-refractivity contribution in [2.24, 2.45) is 11.3 Å². The first-order chi connectivity index (χ1) is 12.9. The van der Waals surface area contributed by atoms with E-state index in [1.807, 2.05) is 31.7 Å². The van der Waals surface area contributed by atoms with Crippen LogP contribution in [0.15, 0.2) is 12.2 Å². The summed E-state index contributed by atoms with van der Waals surface area (Å²) in [6.45, 7) is 13.8. The first kappa shape index (κ1) is 24.0. The van der Waals surface area contributed by atoms with E-state index in [1.54, 1.807) is 26.8 Å². The first-order valence-corrected chi connectivity index (χ1v) is 10.1. The summed E-state index contributed by atoms with van der Waals surface area (Å²) in [6.07, 6.45) is 4.99. The third-order valence-corrected chi connectivity index (χ3v) is 4.27. The summed E-state index contributed by atoms with van der Waals surface area (Å²) in [5.41, 5.74) is -0.560. The van der Waals surface area contributed by atoms with Crippen molar-refractivity contribution in [1.29, 1.82) is 0 Å². The smallest absolute Gasteiger partial charge is 0.407 e. The van der Waals surface area contributed by atoms with Gasteiger partial charge in [0.25, 0.3) is 0 Å². The summed E-state index contributed by atoms with van der Waals surface area (Å²) < 4.78 is 5.15. The quantitative estimate of drug-likeness (QED) is 0.677. The summed E-state index contributed by atoms with van der Waals surface area (Å²) in [6, 6.07) is 0. The predicted octanol–water partition coefficient (Wildman–Crippen LogP) is 2.86. The normalized spacial score (nSPS) is 16.1. The number of likely N-dealkylation sites (tertiary alicyclic amines) is 1. The monoisotopic (exact) mass is 395 g/mol. The van der Waals surface area contributed by atoms with Crippen molar-refractivity contribution >= 4 is 17.9 Å². The topological polar surface area (TPSA) is 87.7 Å². The van der Waals surface area contributed by atoms with Gasteiger partial charge in [-0.25, -0.2) is 4.79 Å². The number of piperidine rings is 1. The molecular formula is C21H37N3O4. The fourth-order valence-electron chi connectivity index (χ4n) is 2.76. The third-order valence-electron chi connectivity index (χ3n) is 4.27. The highest BCUT2D eigenvalue weighted by molar-refractivity contribution is 5.87. The van der Waals surface area contributed by atoms with Crippen molar-refractivity contribution in [1.82, 2.24) is 15.5 Å². The van der Waals surface area contributed by atoms with E-state index in [0.29, 0.717) is 25.6 Å². The molecule has 0 radical (unpaired) electrons. The number of carbonyl (C=O) groups is 3. The molecule has 7 nitrogen and oxygen atoms in total. The maximum atomic E-state index is 12.3. The molecule has 1 saturated heterocycles. The molecular weight excluding hydrogens is 358 g/mol. The lowest BCUT2D eigenvalue weighted by Crippen LogP contribution is -2.42. The summed E-state index contributed by atoms with van der Waals surface area (Å²) in [7, 11) is 0. The van der Waals surface area contributed by atoms with Gasteiger partial charge in [0.1, 0.15) is 5.60 Å². The van der Waals surface area contributed by atoms with Gasteiger partial charge in [0.15, 0.2) is 0 Å². The molecule has 1 rings (SSSR count). The van der Waals surface area contributed by atoms with Crippen LogP contribution in [0.3, 0.4) is 0 Å². The van der Waals surface area contributed by atoms with Gasteiger partial charge in [-0.05, 0) is 51.0 Å². The molecule has 3 amide bonds. The largest absolute Gasteiger partial charge is 0.444 e. The second kappa shape index (κ2) is 10.5. The second-order valence-corrected chi connectivity index (χ2v) is 9.45. The van der Waals surface area contributed by atoms with Gasteiger partial charge >= 0.3 is 6.09 Å². The van der Waals surface area contributed by atoms with Crippen LogP contribution in [0.25, 0.3) is 0 Å². The molecule has 0 atom stereocenters. The van der Waals surface area contributed by atoms with Crippen molar-refractivity contribution in [3.63, 3.8) is 0 Å². The van der Waals surface area contributed by atoms with Crippen molar-refractivity contribution in [2.75, 3.05) is 26.2 Å². The van der Waals surface area contributed by atoms with Crippen LogP contribution in [0, 0.1) is 11.3 Å². The Bertz CT molecular complexity index is 565. The molecule has 0 aromatic heterocycles. The lowest BCUT2D eigenvalue weighted by atomic mass is 9.95. The average Bonchev–Trinajstić information content (AvgIpc) is 2.56. The van der Waals surface area contributed by atoms with Gasteiger partial charge in [-0.2, -0.15) is 0 Å². The van der Waals surface area contributed by atoms with E-state index >= 15 is 0 Å². The Morgan fingerprint density at radius 1 is 1.04 bits per heavy atom. The van der Waals surface area contributed by atoms with Crippen molar-refractivity contribution in [2.45, 2.75) is 66.4 Å². The molecule has 0 bridgehead atoms. The fourth-order valence-corrected chi connectivity index (χ4v) is 2.76. The van der Waals surface area contributed by atoms with E-state index in [-0.39, 0.29) is 30.2 Å². The van der Waals surface area contributed by atoms with Crippen molar-refractivity contribution in [3.05, 3.63) is 12.2 Å². The third kappa shape index (κ3) is 10.9. The molecule has 0 aliphatic carbocycles. The number of ether oxygens (including phenoxy) is 1. The van der Waals surface area contributed by atoms with Crippen LogP contribution in [-0.2, 0) is 14.3 Å². The van der Waals surface area contributed by atoms with Crippen LogP contribution >= 0.6 is 0 Å². The van der Waals surface area contributed by atoms with Crippen LogP contribution in [0.5, 0.6) is 0 Å². The maximum absolute atomic E-state index is 12.3. The average molecular weight is 396 g/mol. The van der Waals surface area contributed by atoms with E-state index < -0.39 is 11.7 Å². The molecule has 160 valence electrons. The minimum atomic E-state index is -0.548. The number of rotatable bonds is 6. The molecule has 0 unspecified atom stereocenters. The number of nitrogens with one attached hydrogen (secondary N) is 2. The SMILES string of the molecule is CC(C)(C)/C=C/C(=O)NCC1CCN(C(=O)CCNC(=O)OC(C)(C)C)CC1. The van der Waals surface area contributed by atoms with E-state index in [4.69, 9.17) is 4.74 Å². The van der Waals surface area contributed by atoms with E-state index in [0.717, 1.165) is 12.8 Å². The van der Waals surface area contributed by atoms with Gasteiger partial charge in [0.2, 0.25) is 11.8 Å². The van der Waals surface area contributed by atoms with Crippen LogP contribution in [0.2, 0.25) is 0 Å². The molecule has 0 saturated carbocycles. The molecule has 1 heterocycles. The molecule has 2 N–H and O–H groups in total. The van der Waals surface area contributed by atoms with Gasteiger partial charge in [-0.15, -0.1) is 0 Å². The maximum Gasteiger partial charge on any atom is 0.407 e. The summed E-state index contributed by atoms with van der Waals surface area (Å²) in [4.78, 5) is 37.5. The highest BCUT2D eigenvalue weighted by Gasteiger charge is 2.23. The number of hydrogen-bond acceptors (Lipinski definition) is 4. The number of nitrogens with zero attached hydrogens (tertiary/aromatic N) is 1. The number of allylic oxidation sites excluding steroid dienone is 1. The summed E-state index contributed by atoms with van der Waals surface area (Å²) >= 11 is 0. The minimum absolute atomic E-state index is 0.0125. The second-order valence-electron chi connectivity index (χ2n) is 9.45. The van der Waals surface area contributed by atoms with Gasteiger partial charge in [-0.3, -0.25) is 9.59 Å². The number of alkyl carbamates (subject to hydrolysis) is 1. The first-order valence-electron chi connectivity index (χ1n) is 10.1. The summed E-state index contributed by atoms with van der Waals surface area (Å²) in [5, 5.41) is 5.55. The van der Waals surface area contributed by atoms with E-state index in [1.165, 1.54) is 0 Å². The van der Waals surface area contributed by atoms with Gasteiger partial charge < -0.3 is 20.3 Å². The molecule has 1 aliphatic heterocycles. The molecule has 7 heteroatoms. The standard InChI is InChI=1S/C21H37N3O4/c1-20(2,3)11-7-17(25)23-15-16-9-13-24(14-10-16)18(26)8-12-22-19(27)28-21(4,5)6/h7,11,16H,8-10,12-15H2,1-6H3,(H,22,27)(H,23,25)/b11-7+. The number of hydrogen-bond donors (Lipinski definition) is 2. The minimum Gasteiger partial charge on any atom is -0.444 e. The molecule has 0 aromatic carbocycles. The Balaban J connectivity index is 2.23. The van der Waals surface area contributed by atoms with Crippen LogP contribution in [0.4, 0.5) is 4.79 Å². The van der Waals surface area contributed by atoms with Crippen LogP contribution < -0.4 is 10.6 Å². The Morgan fingerprint density at radius 2 is 1.64 bits per heavy atom. The Hall–Kier alpha value is -2.05. The lowest BCUT2D eigenvalue weighted by Gasteiger charge is -2.32. The lowest BCUT2D eigenvalue weighted by molar-refractivity contribution is -0.132. The Kier molecular flexibility index (Phi) is 8.98. The molecule has 28 heavy (non-hydrogen) atoms. The van der Waals surface area contributed by atoms with Crippen molar-refractivity contribution < 1.29 is 19.1 Å². The van der Waals surface area contributed by atoms with Gasteiger partial charge in [-0.1, -0.05) is 26.8 Å². The van der Waals surface area contributed by atoms with E-state index in [2.05, 4.69) is 10.6 Å². The van der Waals surface area contributed by atoms with Crippen molar-refractivity contribution in [3.8, 4) is 0 Å². The highest BCUT2D eigenvalue weighted by atomic mass is 16.6. The zero-order chi connectivity index (χ0) is 21.4. The van der Waals surface area contributed by atoms with Crippen LogP contribution in [0.1, 0.15) is 60.8 Å². The van der Waals surface area contributed by atoms with Crippen LogP contribution in [-0.4, -0.2) is 54.6 Å². The Labute approximate surface area is 169 Å². The molecule has 1 aliphatic rings. The van der Waals surface area contributed by atoms with Gasteiger partial charge in [0, 0.05) is 32.6 Å². The predicted molar refractivity (Wildman–Crippen MR) is 110 cm³/mol. The van der Waals surface area contributed by atoms with Gasteiger partial charge in [0.05, 0.1) is 0 Å². The Morgan fingerprint density at radius 3 is 2.18 bits per heavy atom. The molecule has 0 spiro atoms. The zero-order valence-corrected chi connectivity index (χ0v) is 18.3.